The predicted molar refractivity (Wildman–Crippen MR) is 79.5 cm³/mol. The van der Waals surface area contributed by atoms with Crippen LogP contribution in [0.4, 0.5) is 0 Å². The van der Waals surface area contributed by atoms with Gasteiger partial charge in [-0.25, -0.2) is 0 Å². The number of hydrogen-bond donors (Lipinski definition) is 1. The normalized spacial score (nSPS) is 31.1. The monoisotopic (exact) mass is 286 g/mol. The summed E-state index contributed by atoms with van der Waals surface area (Å²) >= 11 is 0. The molecule has 110 valence electrons. The van der Waals surface area contributed by atoms with E-state index in [1.165, 1.54) is 32.1 Å². The molecule has 2 aliphatic heterocycles. The van der Waals surface area contributed by atoms with Crippen LogP contribution >= 0.6 is 12.4 Å². The van der Waals surface area contributed by atoms with E-state index in [1.807, 2.05) is 0 Å². The quantitative estimate of drug-likeness (QED) is 0.864. The van der Waals surface area contributed by atoms with Crippen LogP contribution in [-0.2, 0) is 4.79 Å². The molecule has 3 aliphatic rings. The highest BCUT2D eigenvalue weighted by molar-refractivity contribution is 5.85. The summed E-state index contributed by atoms with van der Waals surface area (Å²) in [4.78, 5) is 14.4. The number of halogens is 1. The minimum absolute atomic E-state index is 0. The van der Waals surface area contributed by atoms with Gasteiger partial charge in [0.2, 0.25) is 5.91 Å². The van der Waals surface area contributed by atoms with Gasteiger partial charge in [-0.05, 0) is 24.2 Å². The Labute approximate surface area is 122 Å². The lowest BCUT2D eigenvalue weighted by atomic mass is 9.86. The molecule has 0 bridgehead atoms. The van der Waals surface area contributed by atoms with Crippen molar-refractivity contribution in [3.05, 3.63) is 0 Å². The molecule has 0 aromatic heterocycles. The maximum Gasteiger partial charge on any atom is 0.222 e. The molecule has 1 N–H and O–H groups in total. The molecule has 4 heteroatoms. The van der Waals surface area contributed by atoms with Gasteiger partial charge in [0.25, 0.3) is 0 Å². The number of nitrogens with zero attached hydrogens (tertiary/aromatic N) is 1. The lowest BCUT2D eigenvalue weighted by Crippen LogP contribution is -2.32. The second-order valence-corrected chi connectivity index (χ2v) is 6.52. The Balaban J connectivity index is 0.00000133. The molecule has 3 rings (SSSR count). The number of fused-ring (bicyclic) bond motifs is 1. The van der Waals surface area contributed by atoms with Crippen LogP contribution in [0.1, 0.15) is 44.9 Å². The first kappa shape index (κ1) is 15.1. The molecule has 1 amide bonds. The van der Waals surface area contributed by atoms with Gasteiger partial charge in [-0.1, -0.05) is 32.1 Å². The minimum atomic E-state index is 0. The molecule has 2 heterocycles. The van der Waals surface area contributed by atoms with Gasteiger partial charge in [-0.3, -0.25) is 4.79 Å². The Morgan fingerprint density at radius 2 is 1.68 bits per heavy atom. The van der Waals surface area contributed by atoms with Gasteiger partial charge in [-0.2, -0.15) is 0 Å². The highest BCUT2D eigenvalue weighted by Gasteiger charge is 2.37. The number of hydrogen-bond acceptors (Lipinski definition) is 2. The molecule has 0 unspecified atom stereocenters. The van der Waals surface area contributed by atoms with E-state index in [9.17, 15) is 4.79 Å². The first-order valence-electron chi connectivity index (χ1n) is 7.81. The molecule has 0 aromatic rings. The Morgan fingerprint density at radius 1 is 1.05 bits per heavy atom. The van der Waals surface area contributed by atoms with Crippen LogP contribution in [0.3, 0.4) is 0 Å². The highest BCUT2D eigenvalue weighted by atomic mass is 35.5. The second-order valence-electron chi connectivity index (χ2n) is 6.52. The zero-order valence-electron chi connectivity index (χ0n) is 11.8. The van der Waals surface area contributed by atoms with Crippen LogP contribution in [0, 0.1) is 17.8 Å². The van der Waals surface area contributed by atoms with E-state index < -0.39 is 0 Å². The lowest BCUT2D eigenvalue weighted by Gasteiger charge is -2.23. The Morgan fingerprint density at radius 3 is 2.32 bits per heavy atom. The third-order valence-corrected chi connectivity index (χ3v) is 5.23. The standard InChI is InChI=1S/C15H26N2O.ClH/c18-15(7-6-12-4-2-1-3-5-12)17-10-13-8-16-9-14(13)11-17;/h12-14,16H,1-11H2;1H/t13-,14+;. The number of rotatable bonds is 3. The number of carbonyl (C=O) groups is 1. The van der Waals surface area contributed by atoms with Crippen molar-refractivity contribution in [2.45, 2.75) is 44.9 Å². The molecule has 0 aromatic carbocycles. The van der Waals surface area contributed by atoms with Gasteiger partial charge in [0.15, 0.2) is 0 Å². The average Bonchev–Trinajstić information content (AvgIpc) is 2.98. The van der Waals surface area contributed by atoms with Crippen molar-refractivity contribution in [2.75, 3.05) is 26.2 Å². The van der Waals surface area contributed by atoms with Gasteiger partial charge < -0.3 is 10.2 Å². The van der Waals surface area contributed by atoms with Crippen LogP contribution in [0.25, 0.3) is 0 Å². The van der Waals surface area contributed by atoms with Crippen LogP contribution in [-0.4, -0.2) is 37.0 Å². The largest absolute Gasteiger partial charge is 0.342 e. The summed E-state index contributed by atoms with van der Waals surface area (Å²) in [6, 6.07) is 0. The third-order valence-electron chi connectivity index (χ3n) is 5.23. The summed E-state index contributed by atoms with van der Waals surface area (Å²) in [6.07, 6.45) is 8.86. The fourth-order valence-corrected chi connectivity index (χ4v) is 4.02. The Kier molecular flexibility index (Phi) is 5.52. The fourth-order valence-electron chi connectivity index (χ4n) is 4.02. The molecule has 19 heavy (non-hydrogen) atoms. The number of amides is 1. The van der Waals surface area contributed by atoms with Crippen molar-refractivity contribution in [1.82, 2.24) is 10.2 Å². The summed E-state index contributed by atoms with van der Waals surface area (Å²) in [5.41, 5.74) is 0. The summed E-state index contributed by atoms with van der Waals surface area (Å²) in [5.74, 6) is 2.74. The van der Waals surface area contributed by atoms with Gasteiger partial charge in [-0.15, -0.1) is 12.4 Å². The molecule has 2 saturated heterocycles. The molecule has 3 fully saturated rings. The molecule has 0 spiro atoms. The van der Waals surface area contributed by atoms with E-state index in [2.05, 4.69) is 10.2 Å². The lowest BCUT2D eigenvalue weighted by molar-refractivity contribution is -0.130. The highest BCUT2D eigenvalue weighted by Crippen LogP contribution is 2.29. The van der Waals surface area contributed by atoms with E-state index in [-0.39, 0.29) is 12.4 Å². The first-order chi connectivity index (χ1) is 8.83. The molecular weight excluding hydrogens is 260 g/mol. The maximum atomic E-state index is 12.2. The molecule has 2 atom stereocenters. The summed E-state index contributed by atoms with van der Waals surface area (Å²) in [5, 5.41) is 3.43. The average molecular weight is 287 g/mol. The Bertz CT molecular complexity index is 293. The zero-order chi connectivity index (χ0) is 12.4. The van der Waals surface area contributed by atoms with E-state index in [0.717, 1.165) is 56.8 Å². The van der Waals surface area contributed by atoms with Gasteiger partial charge in [0.05, 0.1) is 0 Å². The van der Waals surface area contributed by atoms with Crippen LogP contribution < -0.4 is 5.32 Å². The van der Waals surface area contributed by atoms with E-state index in [0.29, 0.717) is 5.91 Å². The minimum Gasteiger partial charge on any atom is -0.342 e. The molecule has 0 radical (unpaired) electrons. The summed E-state index contributed by atoms with van der Waals surface area (Å²) < 4.78 is 0. The molecule has 1 aliphatic carbocycles. The van der Waals surface area contributed by atoms with Crippen molar-refractivity contribution in [1.29, 1.82) is 0 Å². The smallest absolute Gasteiger partial charge is 0.222 e. The summed E-state index contributed by atoms with van der Waals surface area (Å²) in [6.45, 7) is 4.27. The van der Waals surface area contributed by atoms with Gasteiger partial charge in [0.1, 0.15) is 0 Å². The van der Waals surface area contributed by atoms with Crippen LogP contribution in [0.5, 0.6) is 0 Å². The second kappa shape index (κ2) is 6.94. The van der Waals surface area contributed by atoms with Crippen molar-refractivity contribution >= 4 is 18.3 Å². The molecule has 1 saturated carbocycles. The fraction of sp³-hybridized carbons (Fsp3) is 0.933. The topological polar surface area (TPSA) is 32.3 Å². The third kappa shape index (κ3) is 3.63. The van der Waals surface area contributed by atoms with E-state index in [4.69, 9.17) is 0 Å². The summed E-state index contributed by atoms with van der Waals surface area (Å²) in [7, 11) is 0. The van der Waals surface area contributed by atoms with Crippen molar-refractivity contribution in [3.8, 4) is 0 Å². The zero-order valence-corrected chi connectivity index (χ0v) is 12.6. The van der Waals surface area contributed by atoms with Crippen LogP contribution in [0.15, 0.2) is 0 Å². The van der Waals surface area contributed by atoms with E-state index in [1.54, 1.807) is 0 Å². The SMILES string of the molecule is Cl.O=C(CCC1CCCCC1)N1C[C@H]2CNC[C@H]2C1. The maximum absolute atomic E-state index is 12.2. The number of nitrogens with one attached hydrogen (secondary N) is 1. The Hall–Kier alpha value is -0.280. The van der Waals surface area contributed by atoms with Gasteiger partial charge >= 0.3 is 0 Å². The number of likely N-dealkylation sites (tertiary alicyclic amines) is 1. The van der Waals surface area contributed by atoms with Crippen molar-refractivity contribution < 1.29 is 4.79 Å². The van der Waals surface area contributed by atoms with E-state index >= 15 is 0 Å². The molecule has 3 nitrogen and oxygen atoms in total. The van der Waals surface area contributed by atoms with Gasteiger partial charge in [0, 0.05) is 32.6 Å². The number of carbonyl (C=O) groups excluding carboxylic acids is 1. The molecular formula is C15H27ClN2O. The predicted octanol–water partition coefficient (Wildman–Crippen LogP) is 2.45. The van der Waals surface area contributed by atoms with Crippen molar-refractivity contribution in [2.24, 2.45) is 17.8 Å². The van der Waals surface area contributed by atoms with Crippen LogP contribution in [0.2, 0.25) is 0 Å². The first-order valence-corrected chi connectivity index (χ1v) is 7.81. The van der Waals surface area contributed by atoms with Crippen molar-refractivity contribution in [3.63, 3.8) is 0 Å².